The van der Waals surface area contributed by atoms with Gasteiger partial charge in [0.25, 0.3) is 0 Å². The third-order valence-corrected chi connectivity index (χ3v) is 2.80. The van der Waals surface area contributed by atoms with Crippen molar-refractivity contribution in [2.75, 3.05) is 6.61 Å². The molecule has 0 spiro atoms. The Morgan fingerprint density at radius 2 is 2.23 bits per heavy atom. The quantitative estimate of drug-likeness (QED) is 0.726. The summed E-state index contributed by atoms with van der Waals surface area (Å²) < 4.78 is 5.78. The van der Waals surface area contributed by atoms with Gasteiger partial charge in [-0.05, 0) is 32.1 Å². The van der Waals surface area contributed by atoms with Crippen molar-refractivity contribution in [3.8, 4) is 0 Å². The maximum Gasteiger partial charge on any atom is 0.116 e. The van der Waals surface area contributed by atoms with E-state index in [2.05, 4.69) is 33.0 Å². The minimum Gasteiger partial charge on any atom is -0.359 e. The Morgan fingerprint density at radius 3 is 2.69 bits per heavy atom. The lowest BCUT2D eigenvalue weighted by molar-refractivity contribution is -0.00452. The van der Waals surface area contributed by atoms with Gasteiger partial charge in [0.15, 0.2) is 0 Å². The average Bonchev–Trinajstić information content (AvgIpc) is 2.45. The lowest BCUT2D eigenvalue weighted by atomic mass is 10.0. The minimum atomic E-state index is -0.0506. The first-order chi connectivity index (χ1) is 6.06. The van der Waals surface area contributed by atoms with Crippen molar-refractivity contribution in [1.29, 1.82) is 0 Å². The van der Waals surface area contributed by atoms with Crippen molar-refractivity contribution in [3.63, 3.8) is 0 Å². The predicted octanol–water partition coefficient (Wildman–Crippen LogP) is 2.54. The van der Waals surface area contributed by atoms with Crippen LogP contribution in [0.5, 0.6) is 0 Å². The van der Waals surface area contributed by atoms with Crippen LogP contribution >= 0.6 is 0 Å². The lowest BCUT2D eigenvalue weighted by Gasteiger charge is -2.25. The zero-order valence-electron chi connectivity index (χ0n) is 9.39. The van der Waals surface area contributed by atoms with Crippen LogP contribution in [0.15, 0.2) is 0 Å². The van der Waals surface area contributed by atoms with Gasteiger partial charge in [-0.2, -0.15) is 0 Å². The highest BCUT2D eigenvalue weighted by atomic mass is 16.5. The summed E-state index contributed by atoms with van der Waals surface area (Å²) in [6.45, 7) is 9.77. The minimum absolute atomic E-state index is 0.0506. The molecular formula is C11H23NO. The standard InChI is InChI=1S/C11H23NO/c1-5-10-8-13-11(4,12-10)7-6-9(2)3/h9-10,12H,5-8H2,1-4H3/t10-,11-/m1/s1. The largest absolute Gasteiger partial charge is 0.359 e. The van der Waals surface area contributed by atoms with Crippen molar-refractivity contribution in [3.05, 3.63) is 0 Å². The Labute approximate surface area is 82.0 Å². The highest BCUT2D eigenvalue weighted by Gasteiger charge is 2.33. The summed E-state index contributed by atoms with van der Waals surface area (Å²) in [5.41, 5.74) is -0.0506. The Bertz CT molecular complexity index is 158. The summed E-state index contributed by atoms with van der Waals surface area (Å²) in [5, 5.41) is 3.55. The van der Waals surface area contributed by atoms with Crippen molar-refractivity contribution >= 4 is 0 Å². The van der Waals surface area contributed by atoms with Gasteiger partial charge in [0.1, 0.15) is 5.72 Å². The van der Waals surface area contributed by atoms with Gasteiger partial charge in [-0.15, -0.1) is 0 Å². The van der Waals surface area contributed by atoms with Gasteiger partial charge < -0.3 is 4.74 Å². The van der Waals surface area contributed by atoms with Crippen LogP contribution in [0, 0.1) is 5.92 Å². The molecule has 0 amide bonds. The van der Waals surface area contributed by atoms with Crippen molar-refractivity contribution in [2.24, 2.45) is 5.92 Å². The fraction of sp³-hybridized carbons (Fsp3) is 1.00. The zero-order valence-corrected chi connectivity index (χ0v) is 9.39. The lowest BCUT2D eigenvalue weighted by Crippen LogP contribution is -2.41. The summed E-state index contributed by atoms with van der Waals surface area (Å²) >= 11 is 0. The Balaban J connectivity index is 2.31. The molecule has 0 radical (unpaired) electrons. The number of nitrogens with one attached hydrogen (secondary N) is 1. The topological polar surface area (TPSA) is 21.3 Å². The van der Waals surface area contributed by atoms with Gasteiger partial charge in [-0.3, -0.25) is 5.32 Å². The van der Waals surface area contributed by atoms with Gasteiger partial charge in [0.2, 0.25) is 0 Å². The second-order valence-electron chi connectivity index (χ2n) is 4.72. The van der Waals surface area contributed by atoms with E-state index in [9.17, 15) is 0 Å². The summed E-state index contributed by atoms with van der Waals surface area (Å²) in [6, 6.07) is 0.567. The molecule has 2 atom stereocenters. The summed E-state index contributed by atoms with van der Waals surface area (Å²) in [4.78, 5) is 0. The number of ether oxygens (including phenoxy) is 1. The molecule has 0 bridgehead atoms. The molecule has 1 aliphatic heterocycles. The summed E-state index contributed by atoms with van der Waals surface area (Å²) in [5.74, 6) is 0.767. The normalized spacial score (nSPS) is 34.4. The van der Waals surface area contributed by atoms with Crippen molar-refractivity contribution in [2.45, 2.75) is 58.7 Å². The van der Waals surface area contributed by atoms with Crippen LogP contribution in [-0.4, -0.2) is 18.4 Å². The molecule has 13 heavy (non-hydrogen) atoms. The molecule has 0 aromatic rings. The SMILES string of the molecule is CC[C@@H]1CO[C@](C)(CCC(C)C)N1. The molecule has 0 aromatic heterocycles. The molecular weight excluding hydrogens is 162 g/mol. The van der Waals surface area contributed by atoms with E-state index in [1.165, 1.54) is 6.42 Å². The van der Waals surface area contributed by atoms with Crippen LogP contribution in [0.2, 0.25) is 0 Å². The van der Waals surface area contributed by atoms with Crippen LogP contribution in [0.1, 0.15) is 47.0 Å². The van der Waals surface area contributed by atoms with Gasteiger partial charge >= 0.3 is 0 Å². The molecule has 1 rings (SSSR count). The maximum atomic E-state index is 5.78. The van der Waals surface area contributed by atoms with E-state index in [1.54, 1.807) is 0 Å². The monoisotopic (exact) mass is 185 g/mol. The average molecular weight is 185 g/mol. The molecule has 1 N–H and O–H groups in total. The van der Waals surface area contributed by atoms with E-state index < -0.39 is 0 Å². The molecule has 1 heterocycles. The Morgan fingerprint density at radius 1 is 1.54 bits per heavy atom. The van der Waals surface area contributed by atoms with E-state index >= 15 is 0 Å². The number of rotatable bonds is 4. The van der Waals surface area contributed by atoms with Gasteiger partial charge in [0.05, 0.1) is 6.61 Å². The highest BCUT2D eigenvalue weighted by Crippen LogP contribution is 2.24. The fourth-order valence-electron chi connectivity index (χ4n) is 1.73. The van der Waals surface area contributed by atoms with E-state index in [4.69, 9.17) is 4.74 Å². The molecule has 0 aliphatic carbocycles. The number of hydrogen-bond donors (Lipinski definition) is 1. The molecule has 0 unspecified atom stereocenters. The molecule has 78 valence electrons. The highest BCUT2D eigenvalue weighted by molar-refractivity contribution is 4.84. The maximum absolute atomic E-state index is 5.78. The van der Waals surface area contributed by atoms with E-state index in [-0.39, 0.29) is 5.72 Å². The second-order valence-corrected chi connectivity index (χ2v) is 4.72. The molecule has 2 heteroatoms. The van der Waals surface area contributed by atoms with Crippen LogP contribution < -0.4 is 5.32 Å². The van der Waals surface area contributed by atoms with Crippen LogP contribution in [-0.2, 0) is 4.74 Å². The fourth-order valence-corrected chi connectivity index (χ4v) is 1.73. The Kier molecular flexibility index (Phi) is 3.74. The van der Waals surface area contributed by atoms with Gasteiger partial charge in [-0.25, -0.2) is 0 Å². The molecule has 1 aliphatic rings. The molecule has 0 aromatic carbocycles. The zero-order chi connectivity index (χ0) is 9.90. The summed E-state index contributed by atoms with van der Waals surface area (Å²) in [6.07, 6.45) is 3.53. The molecule has 1 saturated heterocycles. The first-order valence-electron chi connectivity index (χ1n) is 5.47. The number of hydrogen-bond acceptors (Lipinski definition) is 2. The van der Waals surface area contributed by atoms with Crippen molar-refractivity contribution in [1.82, 2.24) is 5.32 Å². The second kappa shape index (κ2) is 4.43. The Hall–Kier alpha value is -0.0800. The van der Waals surface area contributed by atoms with E-state index in [0.717, 1.165) is 25.4 Å². The van der Waals surface area contributed by atoms with E-state index in [0.29, 0.717) is 6.04 Å². The first kappa shape index (κ1) is 11.0. The van der Waals surface area contributed by atoms with E-state index in [1.807, 2.05) is 0 Å². The molecule has 1 fully saturated rings. The van der Waals surface area contributed by atoms with Gasteiger partial charge in [0, 0.05) is 6.04 Å². The van der Waals surface area contributed by atoms with Crippen molar-refractivity contribution < 1.29 is 4.74 Å². The predicted molar refractivity (Wildman–Crippen MR) is 55.6 cm³/mol. The smallest absolute Gasteiger partial charge is 0.116 e. The van der Waals surface area contributed by atoms with Crippen LogP contribution in [0.25, 0.3) is 0 Å². The first-order valence-corrected chi connectivity index (χ1v) is 5.47. The third-order valence-electron chi connectivity index (χ3n) is 2.80. The third kappa shape index (κ3) is 3.28. The van der Waals surface area contributed by atoms with Crippen LogP contribution in [0.4, 0.5) is 0 Å². The molecule has 2 nitrogen and oxygen atoms in total. The van der Waals surface area contributed by atoms with Gasteiger partial charge in [-0.1, -0.05) is 20.8 Å². The molecule has 0 saturated carbocycles. The summed E-state index contributed by atoms with van der Waals surface area (Å²) in [7, 11) is 0. The van der Waals surface area contributed by atoms with Crippen LogP contribution in [0.3, 0.4) is 0 Å².